The van der Waals surface area contributed by atoms with Gasteiger partial charge >= 0.3 is 0 Å². The van der Waals surface area contributed by atoms with Gasteiger partial charge in [0, 0.05) is 5.56 Å². The molecule has 68 valence electrons. The van der Waals surface area contributed by atoms with Gasteiger partial charge in [-0.2, -0.15) is 11.8 Å². The van der Waals surface area contributed by atoms with Crippen molar-refractivity contribution in [2.24, 2.45) is 0 Å². The van der Waals surface area contributed by atoms with Crippen LogP contribution in [0, 0.1) is 0 Å². The van der Waals surface area contributed by atoms with Crippen molar-refractivity contribution >= 4 is 11.8 Å². The Labute approximate surface area is 77.0 Å². The van der Waals surface area contributed by atoms with Crippen molar-refractivity contribution in [3.05, 3.63) is 24.2 Å². The monoisotopic (exact) mass is 186 g/mol. The second-order valence-corrected chi connectivity index (χ2v) is 3.69. The summed E-state index contributed by atoms with van der Waals surface area (Å²) >= 11 is 1.81. The third kappa shape index (κ3) is 2.91. The first-order valence-corrected chi connectivity index (χ1v) is 5.43. The van der Waals surface area contributed by atoms with E-state index in [4.69, 9.17) is 4.42 Å². The van der Waals surface area contributed by atoms with E-state index in [1.807, 2.05) is 6.07 Å². The van der Waals surface area contributed by atoms with Gasteiger partial charge in [0.05, 0.1) is 18.6 Å². The van der Waals surface area contributed by atoms with Crippen molar-refractivity contribution in [1.29, 1.82) is 0 Å². The lowest BCUT2D eigenvalue weighted by Gasteiger charge is -2.06. The highest BCUT2D eigenvalue weighted by atomic mass is 32.2. The summed E-state index contributed by atoms with van der Waals surface area (Å²) in [5.41, 5.74) is 0.885. The predicted octanol–water partition coefficient (Wildman–Crippen LogP) is 2.46. The molecule has 0 spiro atoms. The third-order valence-corrected chi connectivity index (χ3v) is 2.45. The van der Waals surface area contributed by atoms with Gasteiger partial charge in [-0.15, -0.1) is 0 Å². The summed E-state index contributed by atoms with van der Waals surface area (Å²) in [4.78, 5) is 0. The quantitative estimate of drug-likeness (QED) is 0.717. The second kappa shape index (κ2) is 5.27. The van der Waals surface area contributed by atoms with Gasteiger partial charge in [0.25, 0.3) is 0 Å². The van der Waals surface area contributed by atoms with Gasteiger partial charge in [-0.1, -0.05) is 0 Å². The number of furan rings is 1. The maximum absolute atomic E-state index is 9.57. The molecule has 0 radical (unpaired) electrons. The molecule has 1 aromatic heterocycles. The molecule has 1 N–H and O–H groups in total. The molecule has 1 heterocycles. The zero-order valence-electron chi connectivity index (χ0n) is 7.19. The van der Waals surface area contributed by atoms with E-state index in [-0.39, 0.29) is 6.10 Å². The lowest BCUT2D eigenvalue weighted by atomic mass is 10.1. The largest absolute Gasteiger partial charge is 0.472 e. The average Bonchev–Trinajstić information content (AvgIpc) is 2.56. The van der Waals surface area contributed by atoms with E-state index in [0.29, 0.717) is 0 Å². The summed E-state index contributed by atoms with van der Waals surface area (Å²) in [5.74, 6) is 1.11. The fourth-order valence-electron chi connectivity index (χ4n) is 1.05. The van der Waals surface area contributed by atoms with E-state index in [1.54, 1.807) is 24.3 Å². The Morgan fingerprint density at radius 2 is 2.50 bits per heavy atom. The highest BCUT2D eigenvalue weighted by Crippen LogP contribution is 2.18. The number of aliphatic hydroxyl groups is 1. The Balaban J connectivity index is 2.25. The zero-order valence-corrected chi connectivity index (χ0v) is 8.01. The van der Waals surface area contributed by atoms with Crippen molar-refractivity contribution < 1.29 is 9.52 Å². The Hall–Kier alpha value is -0.410. The molecule has 1 rings (SSSR count). The van der Waals surface area contributed by atoms with E-state index in [1.165, 1.54) is 0 Å². The van der Waals surface area contributed by atoms with Crippen molar-refractivity contribution in [2.45, 2.75) is 18.9 Å². The molecule has 2 nitrogen and oxygen atoms in total. The van der Waals surface area contributed by atoms with Crippen LogP contribution in [0.5, 0.6) is 0 Å². The topological polar surface area (TPSA) is 33.4 Å². The van der Waals surface area contributed by atoms with Crippen LogP contribution in [0.3, 0.4) is 0 Å². The Morgan fingerprint density at radius 3 is 3.08 bits per heavy atom. The number of hydrogen-bond acceptors (Lipinski definition) is 3. The van der Waals surface area contributed by atoms with Crippen molar-refractivity contribution in [1.82, 2.24) is 0 Å². The summed E-state index contributed by atoms with van der Waals surface area (Å²) in [6.45, 7) is 0. The zero-order chi connectivity index (χ0) is 8.81. The molecule has 0 aliphatic heterocycles. The highest BCUT2D eigenvalue weighted by Gasteiger charge is 2.07. The van der Waals surface area contributed by atoms with Crippen LogP contribution in [0.15, 0.2) is 23.0 Å². The normalized spacial score (nSPS) is 13.2. The molecular weight excluding hydrogens is 172 g/mol. The lowest BCUT2D eigenvalue weighted by Crippen LogP contribution is -1.95. The molecule has 0 saturated heterocycles. The highest BCUT2D eigenvalue weighted by molar-refractivity contribution is 7.98. The standard InChI is InChI=1S/C9H14O2S/c1-12-6-2-3-9(10)8-4-5-11-7-8/h4-5,7,9-10H,2-3,6H2,1H3. The summed E-state index contributed by atoms with van der Waals surface area (Å²) in [5, 5.41) is 9.57. The Bertz CT molecular complexity index is 196. The molecule has 1 aromatic rings. The summed E-state index contributed by atoms with van der Waals surface area (Å²) in [6, 6.07) is 1.81. The van der Waals surface area contributed by atoms with Crippen LogP contribution in [0.25, 0.3) is 0 Å². The van der Waals surface area contributed by atoms with Crippen LogP contribution in [0.4, 0.5) is 0 Å². The van der Waals surface area contributed by atoms with Crippen molar-refractivity contribution in [3.63, 3.8) is 0 Å². The van der Waals surface area contributed by atoms with E-state index in [2.05, 4.69) is 6.26 Å². The minimum absolute atomic E-state index is 0.351. The van der Waals surface area contributed by atoms with Gasteiger partial charge in [-0.05, 0) is 30.9 Å². The molecule has 0 fully saturated rings. The van der Waals surface area contributed by atoms with Gasteiger partial charge in [0.1, 0.15) is 0 Å². The summed E-state index contributed by atoms with van der Waals surface area (Å²) < 4.78 is 4.88. The molecule has 3 heteroatoms. The smallest absolute Gasteiger partial charge is 0.0960 e. The minimum Gasteiger partial charge on any atom is -0.472 e. The number of rotatable bonds is 5. The third-order valence-electron chi connectivity index (χ3n) is 1.75. The minimum atomic E-state index is -0.351. The van der Waals surface area contributed by atoms with Crippen LogP contribution in [-0.2, 0) is 0 Å². The first kappa shape index (κ1) is 9.68. The lowest BCUT2D eigenvalue weighted by molar-refractivity contribution is 0.166. The van der Waals surface area contributed by atoms with Gasteiger partial charge in [-0.25, -0.2) is 0 Å². The fourth-order valence-corrected chi connectivity index (χ4v) is 1.51. The first-order chi connectivity index (χ1) is 5.84. The summed E-state index contributed by atoms with van der Waals surface area (Å²) in [6.07, 6.45) is 6.78. The SMILES string of the molecule is CSCCCC(O)c1ccoc1. The van der Waals surface area contributed by atoms with Gasteiger partial charge in [-0.3, -0.25) is 0 Å². The average molecular weight is 186 g/mol. The maximum atomic E-state index is 9.57. The van der Waals surface area contributed by atoms with Crippen molar-refractivity contribution in [3.8, 4) is 0 Å². The molecule has 0 aromatic carbocycles. The van der Waals surface area contributed by atoms with Crippen LogP contribution in [-0.4, -0.2) is 17.1 Å². The molecule has 0 aliphatic rings. The molecule has 1 atom stereocenters. The second-order valence-electron chi connectivity index (χ2n) is 2.71. The Kier molecular flexibility index (Phi) is 4.25. The molecule has 0 aliphatic carbocycles. The maximum Gasteiger partial charge on any atom is 0.0960 e. The molecule has 1 unspecified atom stereocenters. The van der Waals surface area contributed by atoms with E-state index in [0.717, 1.165) is 24.2 Å². The van der Waals surface area contributed by atoms with E-state index >= 15 is 0 Å². The van der Waals surface area contributed by atoms with Gasteiger partial charge in [0.2, 0.25) is 0 Å². The molecule has 12 heavy (non-hydrogen) atoms. The van der Waals surface area contributed by atoms with E-state index < -0.39 is 0 Å². The first-order valence-electron chi connectivity index (χ1n) is 4.03. The number of aliphatic hydroxyl groups excluding tert-OH is 1. The number of hydrogen-bond donors (Lipinski definition) is 1. The molecular formula is C9H14O2S. The molecule has 0 amide bonds. The van der Waals surface area contributed by atoms with Crippen LogP contribution in [0.2, 0.25) is 0 Å². The fraction of sp³-hybridized carbons (Fsp3) is 0.556. The summed E-state index contributed by atoms with van der Waals surface area (Å²) in [7, 11) is 0. The molecule has 0 bridgehead atoms. The van der Waals surface area contributed by atoms with Crippen LogP contribution < -0.4 is 0 Å². The molecule has 0 saturated carbocycles. The van der Waals surface area contributed by atoms with Crippen molar-refractivity contribution in [2.75, 3.05) is 12.0 Å². The van der Waals surface area contributed by atoms with Gasteiger partial charge < -0.3 is 9.52 Å². The predicted molar refractivity (Wildman–Crippen MR) is 51.3 cm³/mol. The van der Waals surface area contributed by atoms with E-state index in [9.17, 15) is 5.11 Å². The number of thioether (sulfide) groups is 1. The van der Waals surface area contributed by atoms with Crippen LogP contribution >= 0.6 is 11.8 Å². The Morgan fingerprint density at radius 1 is 1.67 bits per heavy atom. The van der Waals surface area contributed by atoms with Crippen LogP contribution in [0.1, 0.15) is 24.5 Å². The van der Waals surface area contributed by atoms with Gasteiger partial charge in [0.15, 0.2) is 0 Å².